The zero-order chi connectivity index (χ0) is 30.0. The number of ether oxygens (including phenoxy) is 2. The van der Waals surface area contributed by atoms with E-state index >= 15 is 0 Å². The summed E-state index contributed by atoms with van der Waals surface area (Å²) in [7, 11) is 0. The van der Waals surface area contributed by atoms with E-state index in [1.807, 2.05) is 54.6 Å². The lowest BCUT2D eigenvalue weighted by Gasteiger charge is -2.39. The first kappa shape index (κ1) is 29.8. The summed E-state index contributed by atoms with van der Waals surface area (Å²) < 4.78 is 11.9. The summed E-state index contributed by atoms with van der Waals surface area (Å²) in [5.74, 6) is -2.86. The van der Waals surface area contributed by atoms with Gasteiger partial charge in [-0.1, -0.05) is 36.4 Å². The van der Waals surface area contributed by atoms with Crippen molar-refractivity contribution in [2.45, 2.75) is 57.4 Å². The monoisotopic (exact) mass is 575 g/mol. The van der Waals surface area contributed by atoms with Gasteiger partial charge in [0.25, 0.3) is 5.91 Å². The maximum atomic E-state index is 14.8. The van der Waals surface area contributed by atoms with E-state index in [1.54, 1.807) is 17.9 Å². The minimum atomic E-state index is -1.21. The quantitative estimate of drug-likeness (QED) is 0.304. The van der Waals surface area contributed by atoms with Gasteiger partial charge in [0, 0.05) is 31.0 Å². The molecule has 0 saturated carbocycles. The molecule has 1 N–H and O–H groups in total. The van der Waals surface area contributed by atoms with Crippen LogP contribution >= 0.6 is 0 Å². The van der Waals surface area contributed by atoms with Gasteiger partial charge < -0.3 is 29.3 Å². The Morgan fingerprint density at radius 2 is 1.79 bits per heavy atom. The molecule has 5 rings (SSSR count). The third-order valence-corrected chi connectivity index (χ3v) is 9.09. The lowest BCUT2D eigenvalue weighted by Crippen LogP contribution is -2.57. The smallest absolute Gasteiger partial charge is 0.312 e. The number of likely N-dealkylation sites (tertiary alicyclic amines) is 1. The molecule has 224 valence electrons. The third kappa shape index (κ3) is 4.78. The third-order valence-electron chi connectivity index (χ3n) is 9.09. The molecule has 3 saturated heterocycles. The van der Waals surface area contributed by atoms with Gasteiger partial charge in [-0.05, 0) is 63.4 Å². The molecule has 3 fully saturated rings. The van der Waals surface area contributed by atoms with Gasteiger partial charge in [0.1, 0.15) is 11.6 Å². The van der Waals surface area contributed by atoms with Gasteiger partial charge in [-0.3, -0.25) is 14.4 Å². The van der Waals surface area contributed by atoms with Crippen LogP contribution in [0.3, 0.4) is 0 Å². The highest BCUT2D eigenvalue weighted by Gasteiger charge is 2.75. The number of rotatable bonds is 12. The minimum absolute atomic E-state index is 0.182. The molecule has 2 aromatic rings. The molecule has 42 heavy (non-hydrogen) atoms. The Kier molecular flexibility index (Phi) is 8.70. The van der Waals surface area contributed by atoms with Crippen LogP contribution in [-0.2, 0) is 23.9 Å². The van der Waals surface area contributed by atoms with Crippen molar-refractivity contribution in [3.8, 4) is 0 Å². The van der Waals surface area contributed by atoms with Gasteiger partial charge >= 0.3 is 5.97 Å². The molecule has 2 aromatic carbocycles. The zero-order valence-corrected chi connectivity index (χ0v) is 24.6. The molecule has 3 aliphatic rings. The molecule has 6 atom stereocenters. The summed E-state index contributed by atoms with van der Waals surface area (Å²) in [5, 5.41) is 10.7. The summed E-state index contributed by atoms with van der Waals surface area (Å²) in [4.78, 5) is 47.7. The Hall–Kier alpha value is -3.69. The normalized spacial score (nSPS) is 26.6. The number of amides is 2. The van der Waals surface area contributed by atoms with Crippen molar-refractivity contribution in [3.05, 3.63) is 72.8 Å². The molecule has 0 unspecified atom stereocenters. The van der Waals surface area contributed by atoms with Crippen molar-refractivity contribution in [2.24, 2.45) is 11.8 Å². The second-order valence-corrected chi connectivity index (χ2v) is 11.1. The summed E-state index contributed by atoms with van der Waals surface area (Å²) in [6.45, 7) is 11.5. The molecule has 3 heterocycles. The van der Waals surface area contributed by atoms with Crippen molar-refractivity contribution in [1.82, 2.24) is 4.90 Å². The van der Waals surface area contributed by atoms with Crippen LogP contribution < -0.4 is 9.80 Å². The van der Waals surface area contributed by atoms with Gasteiger partial charge in [-0.15, -0.1) is 6.58 Å². The van der Waals surface area contributed by atoms with Crippen LogP contribution in [-0.4, -0.2) is 78.4 Å². The van der Waals surface area contributed by atoms with Crippen LogP contribution in [0.2, 0.25) is 0 Å². The number of anilines is 2. The lowest BCUT2D eigenvalue weighted by atomic mass is 9.70. The van der Waals surface area contributed by atoms with Crippen molar-refractivity contribution < 1.29 is 29.0 Å². The van der Waals surface area contributed by atoms with E-state index in [2.05, 4.69) is 25.3 Å². The maximum absolute atomic E-state index is 14.8. The van der Waals surface area contributed by atoms with E-state index in [0.717, 1.165) is 18.8 Å². The summed E-state index contributed by atoms with van der Waals surface area (Å²) in [6, 6.07) is 15.1. The van der Waals surface area contributed by atoms with E-state index in [9.17, 15) is 19.5 Å². The lowest BCUT2D eigenvalue weighted by molar-refractivity contribution is -0.155. The van der Waals surface area contributed by atoms with Crippen LogP contribution in [0.5, 0.6) is 0 Å². The van der Waals surface area contributed by atoms with E-state index < -0.39 is 48.2 Å². The SMILES string of the molecule is C=CCN(C(=O)[C@H]1N([C@H](CO)c2ccccc2)C(=O)[C@@H]2[C@@H](C(=O)OCC)[C@H]3CC[C@]21O3)c1ccc(N(CC)CC)cc1. The molecule has 3 aliphatic heterocycles. The number of hydrogen-bond donors (Lipinski definition) is 1. The fourth-order valence-corrected chi connectivity index (χ4v) is 7.27. The second kappa shape index (κ2) is 12.3. The van der Waals surface area contributed by atoms with Gasteiger partial charge in [0.05, 0.1) is 37.2 Å². The Morgan fingerprint density at radius 3 is 2.38 bits per heavy atom. The van der Waals surface area contributed by atoms with Crippen LogP contribution in [0.4, 0.5) is 11.4 Å². The van der Waals surface area contributed by atoms with Crippen LogP contribution in [0.25, 0.3) is 0 Å². The van der Waals surface area contributed by atoms with E-state index in [-0.39, 0.29) is 25.0 Å². The Bertz CT molecular complexity index is 1300. The zero-order valence-electron chi connectivity index (χ0n) is 24.6. The molecule has 2 amide bonds. The number of benzene rings is 2. The summed E-state index contributed by atoms with van der Waals surface area (Å²) >= 11 is 0. The van der Waals surface area contributed by atoms with Crippen molar-refractivity contribution >= 4 is 29.2 Å². The van der Waals surface area contributed by atoms with Crippen LogP contribution in [0.1, 0.15) is 45.2 Å². The van der Waals surface area contributed by atoms with Crippen molar-refractivity contribution in [3.63, 3.8) is 0 Å². The Labute approximate surface area is 247 Å². The number of carbonyl (C=O) groups is 3. The number of aliphatic hydroxyl groups is 1. The molecular weight excluding hydrogens is 534 g/mol. The molecule has 0 aromatic heterocycles. The average Bonchev–Trinajstić information content (AvgIpc) is 3.65. The maximum Gasteiger partial charge on any atom is 0.312 e. The largest absolute Gasteiger partial charge is 0.466 e. The Balaban J connectivity index is 1.60. The van der Waals surface area contributed by atoms with E-state index in [1.165, 1.54) is 4.90 Å². The van der Waals surface area contributed by atoms with Gasteiger partial charge in [-0.25, -0.2) is 0 Å². The number of nitrogens with zero attached hydrogens (tertiary/aromatic N) is 3. The fraction of sp³-hybridized carbons (Fsp3) is 0.485. The standard InChI is InChI=1S/C33H41N3O6/c1-5-20-35(24-16-14-23(15-17-24)34(6-2)7-3)31(39)29-33-19-18-26(42-33)27(32(40)41-8-4)28(33)30(38)36(29)25(21-37)22-12-10-9-11-13-22/h5,9-17,25-29,37H,1,6-8,18-21H2,2-4H3/t25-,26-,27+,28+,29-,33+/m1/s1. The highest BCUT2D eigenvalue weighted by atomic mass is 16.6. The first-order valence-electron chi connectivity index (χ1n) is 15.0. The molecule has 0 radical (unpaired) electrons. The average molecular weight is 576 g/mol. The first-order chi connectivity index (χ1) is 20.4. The topological polar surface area (TPSA) is 99.6 Å². The number of fused-ring (bicyclic) bond motifs is 1. The minimum Gasteiger partial charge on any atom is -0.466 e. The van der Waals surface area contributed by atoms with Crippen molar-refractivity contribution in [1.29, 1.82) is 0 Å². The highest BCUT2D eigenvalue weighted by molar-refractivity contribution is 6.05. The number of aliphatic hydroxyl groups excluding tert-OH is 1. The van der Waals surface area contributed by atoms with Gasteiger partial charge in [0.2, 0.25) is 5.91 Å². The number of carbonyl (C=O) groups excluding carboxylic acids is 3. The van der Waals surface area contributed by atoms with Crippen molar-refractivity contribution in [2.75, 3.05) is 42.6 Å². The first-order valence-corrected chi connectivity index (χ1v) is 15.0. The molecule has 9 heteroatoms. The summed E-state index contributed by atoms with van der Waals surface area (Å²) in [5.41, 5.74) is 1.20. The fourth-order valence-electron chi connectivity index (χ4n) is 7.27. The molecular formula is C33H41N3O6. The molecule has 9 nitrogen and oxygen atoms in total. The molecule has 0 aliphatic carbocycles. The molecule has 1 spiro atoms. The van der Waals surface area contributed by atoms with Gasteiger partial charge in [-0.2, -0.15) is 0 Å². The summed E-state index contributed by atoms with van der Waals surface area (Å²) in [6.07, 6.45) is 2.15. The van der Waals surface area contributed by atoms with Gasteiger partial charge in [0.15, 0.2) is 0 Å². The van der Waals surface area contributed by atoms with E-state index in [0.29, 0.717) is 24.1 Å². The molecule has 2 bridgehead atoms. The second-order valence-electron chi connectivity index (χ2n) is 11.1. The Morgan fingerprint density at radius 1 is 1.12 bits per heavy atom. The predicted octanol–water partition coefficient (Wildman–Crippen LogP) is 3.72. The predicted molar refractivity (Wildman–Crippen MR) is 160 cm³/mol. The van der Waals surface area contributed by atoms with Crippen LogP contribution in [0, 0.1) is 11.8 Å². The van der Waals surface area contributed by atoms with E-state index in [4.69, 9.17) is 9.47 Å². The number of hydrogen-bond acceptors (Lipinski definition) is 7. The van der Waals surface area contributed by atoms with Crippen LogP contribution in [0.15, 0.2) is 67.3 Å². The number of esters is 1. The highest BCUT2D eigenvalue weighted by Crippen LogP contribution is 2.60.